The molecule has 0 spiro atoms. The van der Waals surface area contributed by atoms with E-state index in [-0.39, 0.29) is 104 Å². The van der Waals surface area contributed by atoms with Crippen molar-refractivity contribution in [3.63, 3.8) is 0 Å². The number of thiophene rings is 1. The molecule has 85 heavy (non-hydrogen) atoms. The summed E-state index contributed by atoms with van der Waals surface area (Å²) in [5, 5.41) is 36.2. The Kier molecular flexibility index (Phi) is 15.4. The van der Waals surface area contributed by atoms with Gasteiger partial charge in [-0.1, -0.05) is 85.8 Å². The summed E-state index contributed by atoms with van der Waals surface area (Å²) in [7, 11) is 0. The lowest BCUT2D eigenvalue weighted by Crippen LogP contribution is -2.49. The lowest BCUT2D eigenvalue weighted by Gasteiger charge is -2.31. The van der Waals surface area contributed by atoms with Crippen LogP contribution in [-0.2, 0) is 27.1 Å². The largest absolute Gasteiger partial charge is 0.486 e. The van der Waals surface area contributed by atoms with Gasteiger partial charge >= 0.3 is 12.2 Å². The number of hydrogen-bond donors (Lipinski definition) is 4. The van der Waals surface area contributed by atoms with Gasteiger partial charge < -0.3 is 45.5 Å². The number of anilines is 2. The summed E-state index contributed by atoms with van der Waals surface area (Å²) >= 11 is 0.755. The Morgan fingerprint density at radius 3 is 2.40 bits per heavy atom. The number of rotatable bonds is 15. The van der Waals surface area contributed by atoms with Crippen LogP contribution >= 0.6 is 11.3 Å². The molecular formula is C61H57F6N11O6S. The lowest BCUT2D eigenvalue weighted by atomic mass is 9.92. The maximum absolute atomic E-state index is 16.0. The average molecular weight is 1190 g/mol. The summed E-state index contributed by atoms with van der Waals surface area (Å²) < 4.78 is 112. The molecule has 2 amide bonds. The van der Waals surface area contributed by atoms with Crippen molar-refractivity contribution in [1.82, 2.24) is 40.5 Å². The third-order valence-electron chi connectivity index (χ3n) is 16.4. The van der Waals surface area contributed by atoms with E-state index in [0.29, 0.717) is 67.1 Å². The first-order valence-electron chi connectivity index (χ1n) is 27.9. The number of nitrogen functional groups attached to an aromatic ring is 1. The van der Waals surface area contributed by atoms with Crippen LogP contribution in [0.3, 0.4) is 0 Å². The zero-order chi connectivity index (χ0) is 59.6. The van der Waals surface area contributed by atoms with Crippen LogP contribution in [-0.4, -0.2) is 110 Å². The van der Waals surface area contributed by atoms with E-state index < -0.39 is 70.8 Å². The van der Waals surface area contributed by atoms with Crippen molar-refractivity contribution in [2.45, 2.75) is 102 Å². The molecule has 12 rings (SSSR count). The Morgan fingerprint density at radius 1 is 0.953 bits per heavy atom. The number of carbonyl (C=O) groups is 2. The van der Waals surface area contributed by atoms with Crippen molar-refractivity contribution >= 4 is 55.0 Å². The van der Waals surface area contributed by atoms with Gasteiger partial charge in [-0.25, -0.2) is 17.9 Å². The number of aromatic nitrogens is 5. The van der Waals surface area contributed by atoms with Crippen LogP contribution in [0.2, 0.25) is 0 Å². The van der Waals surface area contributed by atoms with Crippen LogP contribution < -0.4 is 30.7 Å². The van der Waals surface area contributed by atoms with E-state index in [9.17, 15) is 28.7 Å². The number of β-amino-alcohol motifs (C(OH)–C–C–N with tert-alkyl or cyclic N) is 1. The molecule has 440 valence electrons. The lowest BCUT2D eigenvalue weighted by molar-refractivity contribution is -0.142. The first-order chi connectivity index (χ1) is 40.8. The second kappa shape index (κ2) is 22.9. The number of fused-ring (bicyclic) bond motifs is 4. The summed E-state index contributed by atoms with van der Waals surface area (Å²) in [5.41, 5.74) is 6.93. The summed E-state index contributed by atoms with van der Waals surface area (Å²) in [5.74, 6) is -4.12. The fourth-order valence-electron chi connectivity index (χ4n) is 12.1. The van der Waals surface area contributed by atoms with Gasteiger partial charge in [-0.05, 0) is 59.7 Å². The number of nitrogens with zero attached hydrogens (tertiary/aromatic N) is 8. The molecule has 3 aromatic heterocycles. The fourth-order valence-corrected chi connectivity index (χ4v) is 13.0. The smallest absolute Gasteiger partial charge is 0.417 e. The van der Waals surface area contributed by atoms with Gasteiger partial charge in [-0.15, -0.1) is 16.4 Å². The molecule has 0 radical (unpaired) electrons. The molecule has 4 fully saturated rings. The molecule has 2 bridgehead atoms. The molecule has 7 heterocycles. The number of amides is 2. The molecule has 4 aliphatic heterocycles. The second-order valence-electron chi connectivity index (χ2n) is 22.3. The zero-order valence-electron chi connectivity index (χ0n) is 46.2. The van der Waals surface area contributed by atoms with Crippen LogP contribution in [0.4, 0.5) is 37.2 Å². The first kappa shape index (κ1) is 57.1. The van der Waals surface area contributed by atoms with Gasteiger partial charge in [-0.2, -0.15) is 28.4 Å². The van der Waals surface area contributed by atoms with Crippen LogP contribution in [0.5, 0.6) is 11.8 Å². The van der Waals surface area contributed by atoms with Gasteiger partial charge in [0.15, 0.2) is 17.4 Å². The molecule has 5 aromatic carbocycles. The third-order valence-corrected chi connectivity index (χ3v) is 17.4. The minimum absolute atomic E-state index is 0.00236. The molecule has 4 saturated heterocycles. The number of carbonyl (C=O) groups excluding carboxylic acids is 2. The number of nitrogens with two attached hydrogens (primary N) is 1. The molecule has 24 heteroatoms. The van der Waals surface area contributed by atoms with Crippen molar-refractivity contribution in [2.75, 3.05) is 43.5 Å². The van der Waals surface area contributed by atoms with Crippen LogP contribution in [0.1, 0.15) is 80.8 Å². The quantitative estimate of drug-likeness (QED) is 0.0703. The minimum atomic E-state index is -5.03. The molecule has 17 nitrogen and oxygen atoms in total. The summed E-state index contributed by atoms with van der Waals surface area (Å²) in [4.78, 5) is 41.5. The molecule has 0 saturated carbocycles. The van der Waals surface area contributed by atoms with Gasteiger partial charge in [-0.3, -0.25) is 9.59 Å². The summed E-state index contributed by atoms with van der Waals surface area (Å²) in [6.07, 6.45) is -2.99. The van der Waals surface area contributed by atoms with E-state index in [1.165, 1.54) is 27.8 Å². The fraction of sp³-hybridized carbons (Fsp3) is 0.361. The Hall–Kier alpha value is -8.37. The van der Waals surface area contributed by atoms with E-state index in [2.05, 4.69) is 20.9 Å². The monoisotopic (exact) mass is 1190 g/mol. The number of alkyl halides is 3. The minimum Gasteiger partial charge on any atom is -0.486 e. The van der Waals surface area contributed by atoms with Crippen molar-refractivity contribution in [3.05, 3.63) is 131 Å². The predicted octanol–water partition coefficient (Wildman–Crippen LogP) is 10.1. The Morgan fingerprint density at radius 2 is 1.71 bits per heavy atom. The summed E-state index contributed by atoms with van der Waals surface area (Å²) in [6.45, 7) is 6.88. The van der Waals surface area contributed by atoms with Crippen LogP contribution in [0.25, 0.3) is 54.5 Å². The van der Waals surface area contributed by atoms with Crippen molar-refractivity contribution in [1.29, 1.82) is 5.26 Å². The Labute approximate surface area is 487 Å². The highest BCUT2D eigenvalue weighted by Gasteiger charge is 2.45. The van der Waals surface area contributed by atoms with Gasteiger partial charge in [0.2, 0.25) is 11.8 Å². The molecule has 4 aliphatic rings. The van der Waals surface area contributed by atoms with Crippen molar-refractivity contribution < 1.29 is 55.2 Å². The molecule has 0 unspecified atom stereocenters. The van der Waals surface area contributed by atoms with E-state index in [1.807, 2.05) is 24.8 Å². The molecular weight excluding hydrogens is 1130 g/mol. The van der Waals surface area contributed by atoms with Crippen LogP contribution in [0, 0.1) is 34.7 Å². The standard InChI is InChI=1S/C61H57F6N11O6S/c1-30(2)53(59(81)77-27-38(79)22-48(77)58(80)71-31(3)33-11-13-34(14-12-33)40-5-4-6-45(62)51(40)64)78-28-47(74-75-78)35-9-7-32(8-10-35)29-83-54-50(41-15-16-46(63)55-49(41)43(24-68)56(69)85-55)44(61(65,66)67)23-42-52(54)72-60(84-39-17-19-82-20-18-39)73-57(42)76-26-36-21-37(76)25-70-36/h4-16,23,28,30-31,36-39,48,53,70,79H,17-22,25-27,29,69H2,1-3H3,(H,71,80)/t31-,36-,37-,38+,48-,53-/m0/s1. The molecule has 5 N–H and O–H groups in total. The maximum Gasteiger partial charge on any atom is 0.417 e. The highest BCUT2D eigenvalue weighted by molar-refractivity contribution is 7.23. The van der Waals surface area contributed by atoms with E-state index >= 15 is 17.6 Å². The van der Waals surface area contributed by atoms with Gasteiger partial charge in [0.05, 0.1) is 47.4 Å². The summed E-state index contributed by atoms with van der Waals surface area (Å²) in [6, 6.07) is 20.0. The normalized spacial score (nSPS) is 19.7. The number of ether oxygens (including phenoxy) is 3. The maximum atomic E-state index is 16.0. The van der Waals surface area contributed by atoms with E-state index in [1.54, 1.807) is 61.7 Å². The number of nitriles is 1. The number of nitrogens with one attached hydrogen (secondary N) is 2. The van der Waals surface area contributed by atoms with Crippen molar-refractivity contribution in [3.8, 4) is 51.3 Å². The predicted molar refractivity (Wildman–Crippen MR) is 305 cm³/mol. The molecule has 0 aliphatic carbocycles. The molecule has 6 atom stereocenters. The number of benzene rings is 5. The number of aliphatic hydroxyl groups excluding tert-OH is 1. The topological polar surface area (TPSA) is 219 Å². The van der Waals surface area contributed by atoms with Gasteiger partial charge in [0.1, 0.15) is 58.7 Å². The van der Waals surface area contributed by atoms with E-state index in [0.717, 1.165) is 36.0 Å². The highest BCUT2D eigenvalue weighted by Crippen LogP contribution is 2.52. The van der Waals surface area contributed by atoms with E-state index in [4.69, 9.17) is 29.9 Å². The Bertz CT molecular complexity index is 3930. The molecule has 8 aromatic rings. The number of halogens is 6. The number of likely N-dealkylation sites (tertiary alicyclic amines) is 1. The van der Waals surface area contributed by atoms with Gasteiger partial charge in [0.25, 0.3) is 0 Å². The number of piperazine rings is 1. The number of aliphatic hydroxyl groups is 1. The first-order valence-corrected chi connectivity index (χ1v) is 28.7. The third kappa shape index (κ3) is 10.9. The zero-order valence-corrected chi connectivity index (χ0v) is 47.0. The number of hydrogen-bond acceptors (Lipinski definition) is 15. The van der Waals surface area contributed by atoms with Crippen LogP contribution in [0.15, 0.2) is 91.1 Å². The van der Waals surface area contributed by atoms with Crippen molar-refractivity contribution in [2.24, 2.45) is 5.92 Å². The highest BCUT2D eigenvalue weighted by atomic mass is 32.1. The Balaban J connectivity index is 0.838. The SMILES string of the molecule is CC(C)[C@@H](C(=O)N1C[C@H](O)C[C@H]1C(=O)N[C@@H](C)c1ccc(-c2cccc(F)c2F)cc1)n1cc(-c2ccc(COc3c(-c4ccc(F)c5sc(N)c(C#N)c45)c(C(F)(F)F)cc4c(N5C[C@@H]6C[C@H]5CN6)nc(OC5CCOCC5)nc34)cc2)nn1. The second-order valence-corrected chi connectivity index (χ2v) is 23.3. The average Bonchev–Trinajstić information content (AvgIpc) is 2.30. The van der Waals surface area contributed by atoms with Gasteiger partial charge in [0, 0.05) is 78.4 Å².